The maximum atomic E-state index is 12.0. The Hall–Kier alpha value is -0.250. The highest BCUT2D eigenvalue weighted by atomic mass is 19.4. The second-order valence-corrected chi connectivity index (χ2v) is 3.46. The number of hydrogen-bond donors (Lipinski definition) is 1. The van der Waals surface area contributed by atoms with Gasteiger partial charge < -0.3 is 5.11 Å². The fourth-order valence-electron chi connectivity index (χ4n) is 1.20. The van der Waals surface area contributed by atoms with Gasteiger partial charge >= 0.3 is 6.18 Å². The first-order valence-electron chi connectivity index (χ1n) is 4.64. The fourth-order valence-corrected chi connectivity index (χ4v) is 1.20. The van der Waals surface area contributed by atoms with Gasteiger partial charge in [-0.2, -0.15) is 13.2 Å². The highest BCUT2D eigenvalue weighted by Crippen LogP contribution is 2.28. The lowest BCUT2D eigenvalue weighted by molar-refractivity contribution is -0.218. The molecule has 0 aromatic rings. The molecule has 1 nitrogen and oxygen atoms in total. The molecule has 0 aromatic carbocycles. The Morgan fingerprint density at radius 3 is 2.15 bits per heavy atom. The molecule has 0 rings (SSSR count). The van der Waals surface area contributed by atoms with Crippen molar-refractivity contribution >= 4 is 0 Å². The van der Waals surface area contributed by atoms with Crippen molar-refractivity contribution in [2.24, 2.45) is 5.92 Å². The van der Waals surface area contributed by atoms with Crippen LogP contribution in [0, 0.1) is 5.92 Å². The van der Waals surface area contributed by atoms with Crippen LogP contribution in [-0.4, -0.2) is 17.4 Å². The number of aliphatic hydroxyl groups is 1. The average Bonchev–Trinajstić information content (AvgIpc) is 2.01. The number of rotatable bonds is 5. The molecule has 13 heavy (non-hydrogen) atoms. The molecule has 0 aliphatic carbocycles. The number of alkyl halides is 3. The standard InChI is InChI=1S/C9H17F3O/c1-3-4-5-6-7(2)8(13)9(10,11)12/h7-8,13H,3-6H2,1-2H3. The van der Waals surface area contributed by atoms with Crippen molar-refractivity contribution in [2.75, 3.05) is 0 Å². The lowest BCUT2D eigenvalue weighted by atomic mass is 9.97. The van der Waals surface area contributed by atoms with Crippen LogP contribution in [0.2, 0.25) is 0 Å². The Labute approximate surface area is 76.9 Å². The molecule has 0 saturated heterocycles. The summed E-state index contributed by atoms with van der Waals surface area (Å²) in [6.07, 6.45) is -3.53. The second-order valence-electron chi connectivity index (χ2n) is 3.46. The van der Waals surface area contributed by atoms with Gasteiger partial charge in [0.05, 0.1) is 0 Å². The molecule has 0 heterocycles. The van der Waals surface area contributed by atoms with E-state index in [1.807, 2.05) is 6.92 Å². The Bertz CT molecular complexity index is 133. The van der Waals surface area contributed by atoms with Gasteiger partial charge in [-0.05, 0) is 12.3 Å². The van der Waals surface area contributed by atoms with E-state index >= 15 is 0 Å². The molecule has 0 fully saturated rings. The topological polar surface area (TPSA) is 20.2 Å². The van der Waals surface area contributed by atoms with Crippen LogP contribution in [0.15, 0.2) is 0 Å². The molecular weight excluding hydrogens is 181 g/mol. The molecule has 0 aromatic heterocycles. The van der Waals surface area contributed by atoms with Gasteiger partial charge in [-0.1, -0.05) is 33.1 Å². The van der Waals surface area contributed by atoms with E-state index in [1.54, 1.807) is 0 Å². The van der Waals surface area contributed by atoms with Gasteiger partial charge in [0, 0.05) is 0 Å². The monoisotopic (exact) mass is 198 g/mol. The van der Waals surface area contributed by atoms with E-state index in [-0.39, 0.29) is 0 Å². The molecule has 0 radical (unpaired) electrons. The van der Waals surface area contributed by atoms with E-state index < -0.39 is 18.2 Å². The minimum atomic E-state index is -4.47. The van der Waals surface area contributed by atoms with Crippen LogP contribution >= 0.6 is 0 Å². The SMILES string of the molecule is CCCCCC(C)C(O)C(F)(F)F. The molecule has 0 aliphatic heterocycles. The first kappa shape index (κ1) is 12.8. The minimum Gasteiger partial charge on any atom is -0.383 e. The van der Waals surface area contributed by atoms with E-state index in [1.165, 1.54) is 6.92 Å². The van der Waals surface area contributed by atoms with Gasteiger partial charge in [0.15, 0.2) is 6.10 Å². The fraction of sp³-hybridized carbons (Fsp3) is 1.00. The van der Waals surface area contributed by atoms with Crippen LogP contribution in [0.25, 0.3) is 0 Å². The predicted octanol–water partition coefficient (Wildman–Crippen LogP) is 3.13. The molecule has 0 spiro atoms. The lowest BCUT2D eigenvalue weighted by Gasteiger charge is -2.21. The highest BCUT2D eigenvalue weighted by Gasteiger charge is 2.41. The molecule has 0 aliphatic rings. The van der Waals surface area contributed by atoms with Gasteiger partial charge in [-0.3, -0.25) is 0 Å². The van der Waals surface area contributed by atoms with Crippen molar-refractivity contribution < 1.29 is 18.3 Å². The van der Waals surface area contributed by atoms with Crippen LogP contribution in [-0.2, 0) is 0 Å². The van der Waals surface area contributed by atoms with Crippen LogP contribution < -0.4 is 0 Å². The molecule has 4 heteroatoms. The molecule has 0 amide bonds. The first-order chi connectivity index (χ1) is 5.89. The average molecular weight is 198 g/mol. The normalized spacial score (nSPS) is 17.1. The molecule has 1 N–H and O–H groups in total. The summed E-state index contributed by atoms with van der Waals surface area (Å²) < 4.78 is 35.9. The molecule has 2 atom stereocenters. The second kappa shape index (κ2) is 5.47. The quantitative estimate of drug-likeness (QED) is 0.673. The molecule has 2 unspecified atom stereocenters. The Balaban J connectivity index is 3.76. The van der Waals surface area contributed by atoms with E-state index in [0.29, 0.717) is 6.42 Å². The lowest BCUT2D eigenvalue weighted by Crippen LogP contribution is -2.34. The van der Waals surface area contributed by atoms with E-state index in [2.05, 4.69) is 0 Å². The number of halogens is 3. The van der Waals surface area contributed by atoms with E-state index in [0.717, 1.165) is 19.3 Å². The van der Waals surface area contributed by atoms with Crippen LogP contribution in [0.3, 0.4) is 0 Å². The summed E-state index contributed by atoms with van der Waals surface area (Å²) in [5, 5.41) is 8.83. The van der Waals surface area contributed by atoms with Crippen LogP contribution in [0.4, 0.5) is 13.2 Å². The zero-order valence-electron chi connectivity index (χ0n) is 8.06. The van der Waals surface area contributed by atoms with Crippen molar-refractivity contribution in [1.29, 1.82) is 0 Å². The molecular formula is C9H17F3O. The van der Waals surface area contributed by atoms with Crippen molar-refractivity contribution in [3.05, 3.63) is 0 Å². The molecule has 0 bridgehead atoms. The maximum Gasteiger partial charge on any atom is 0.414 e. The van der Waals surface area contributed by atoms with Gasteiger partial charge in [-0.15, -0.1) is 0 Å². The molecule has 80 valence electrons. The van der Waals surface area contributed by atoms with Gasteiger partial charge in [0.2, 0.25) is 0 Å². The zero-order chi connectivity index (χ0) is 10.5. The van der Waals surface area contributed by atoms with Crippen molar-refractivity contribution in [1.82, 2.24) is 0 Å². The zero-order valence-corrected chi connectivity index (χ0v) is 8.06. The maximum absolute atomic E-state index is 12.0. The van der Waals surface area contributed by atoms with Gasteiger partial charge in [0.1, 0.15) is 0 Å². The summed E-state index contributed by atoms with van der Waals surface area (Å²) in [5.74, 6) is -0.688. The summed E-state index contributed by atoms with van der Waals surface area (Å²) in [4.78, 5) is 0. The third kappa shape index (κ3) is 5.13. The number of hydrogen-bond acceptors (Lipinski definition) is 1. The third-order valence-electron chi connectivity index (χ3n) is 2.14. The Morgan fingerprint density at radius 2 is 1.77 bits per heavy atom. The summed E-state index contributed by atoms with van der Waals surface area (Å²) in [6, 6.07) is 0. The van der Waals surface area contributed by atoms with Gasteiger partial charge in [0.25, 0.3) is 0 Å². The Kier molecular flexibility index (Phi) is 5.37. The summed E-state index contributed by atoms with van der Waals surface area (Å²) in [6.45, 7) is 3.43. The first-order valence-corrected chi connectivity index (χ1v) is 4.64. The van der Waals surface area contributed by atoms with Crippen LogP contribution in [0.1, 0.15) is 39.5 Å². The highest BCUT2D eigenvalue weighted by molar-refractivity contribution is 4.71. The number of unbranched alkanes of at least 4 members (excludes halogenated alkanes) is 2. The third-order valence-corrected chi connectivity index (χ3v) is 2.14. The predicted molar refractivity (Wildman–Crippen MR) is 45.4 cm³/mol. The summed E-state index contributed by atoms with van der Waals surface area (Å²) in [5.41, 5.74) is 0. The largest absolute Gasteiger partial charge is 0.414 e. The summed E-state index contributed by atoms with van der Waals surface area (Å²) in [7, 11) is 0. The summed E-state index contributed by atoms with van der Waals surface area (Å²) >= 11 is 0. The Morgan fingerprint density at radius 1 is 1.23 bits per heavy atom. The molecule has 0 saturated carbocycles. The smallest absolute Gasteiger partial charge is 0.383 e. The van der Waals surface area contributed by atoms with Crippen molar-refractivity contribution in [2.45, 2.75) is 51.8 Å². The van der Waals surface area contributed by atoms with Crippen LogP contribution in [0.5, 0.6) is 0 Å². The van der Waals surface area contributed by atoms with Gasteiger partial charge in [-0.25, -0.2) is 0 Å². The minimum absolute atomic E-state index is 0.439. The van der Waals surface area contributed by atoms with E-state index in [4.69, 9.17) is 5.11 Å². The van der Waals surface area contributed by atoms with E-state index in [9.17, 15) is 13.2 Å². The number of aliphatic hydroxyl groups excluding tert-OH is 1. The van der Waals surface area contributed by atoms with Crippen molar-refractivity contribution in [3.8, 4) is 0 Å². The van der Waals surface area contributed by atoms with Crippen molar-refractivity contribution in [3.63, 3.8) is 0 Å².